The van der Waals surface area contributed by atoms with Gasteiger partial charge in [0.25, 0.3) is 0 Å². The van der Waals surface area contributed by atoms with Gasteiger partial charge in [0, 0.05) is 5.33 Å². The summed E-state index contributed by atoms with van der Waals surface area (Å²) in [6.07, 6.45) is 0. The number of halogens is 5. The summed E-state index contributed by atoms with van der Waals surface area (Å²) in [4.78, 5) is 0. The van der Waals surface area contributed by atoms with Gasteiger partial charge in [-0.2, -0.15) is 0 Å². The molecule has 0 atom stereocenters. The third-order valence-electron chi connectivity index (χ3n) is 0.497. The maximum Gasteiger partial charge on any atom is 0.503 e. The second-order valence-corrected chi connectivity index (χ2v) is 2.95. The number of hydrogen-bond acceptors (Lipinski definition) is 0. The highest BCUT2D eigenvalue weighted by atomic mass is 79.9. The highest BCUT2D eigenvalue weighted by Crippen LogP contribution is 2.17. The van der Waals surface area contributed by atoms with Crippen molar-refractivity contribution >= 4 is 38.8 Å². The molecule has 0 aliphatic carbocycles. The Hall–Kier alpha value is 0.555. The molecule has 9 heavy (non-hydrogen) atoms. The van der Waals surface area contributed by atoms with Crippen LogP contribution >= 0.6 is 31.9 Å². The minimum Gasteiger partial charge on any atom is -0.445 e. The van der Waals surface area contributed by atoms with Crippen LogP contribution in [0.1, 0.15) is 0 Å². The van der Waals surface area contributed by atoms with E-state index in [-0.39, 0.29) is 15.8 Å². The molecule has 0 rings (SSSR count). The number of rotatable bonds is 2. The summed E-state index contributed by atoms with van der Waals surface area (Å²) in [5.74, 6) is 0.259. The predicted molar refractivity (Wildman–Crippen MR) is 39.9 cm³/mol. The first-order chi connectivity index (χ1) is 3.95. The normalized spacial score (nSPS) is 14.1. The lowest BCUT2D eigenvalue weighted by atomic mass is 9.92. The molecule has 0 aromatic carbocycles. The Labute approximate surface area is 67.8 Å². The summed E-state index contributed by atoms with van der Waals surface area (Å²) in [6.45, 7) is -4.78. The van der Waals surface area contributed by atoms with E-state index in [4.69, 9.17) is 0 Å². The van der Waals surface area contributed by atoms with Crippen LogP contribution in [-0.2, 0) is 0 Å². The van der Waals surface area contributed by atoms with Gasteiger partial charge in [-0.1, -0.05) is 31.9 Å². The third-order valence-corrected chi connectivity index (χ3v) is 2.40. The highest BCUT2D eigenvalue weighted by molar-refractivity contribution is 9.13. The van der Waals surface area contributed by atoms with E-state index in [9.17, 15) is 12.9 Å². The smallest absolute Gasteiger partial charge is 0.445 e. The van der Waals surface area contributed by atoms with Crippen LogP contribution in [0, 0.1) is 0 Å². The first-order valence-corrected chi connectivity index (χ1v) is 4.00. The second kappa shape index (κ2) is 3.66. The molecule has 0 nitrogen and oxygen atoms in total. The zero-order chi connectivity index (χ0) is 7.49. The standard InChI is InChI=1S/C3H3BBr2F3/c5-2-3(6)1-4(7,8)9/h1H,2H2/q-1/b3-1-. The molecule has 0 aliphatic heterocycles. The van der Waals surface area contributed by atoms with Crippen molar-refractivity contribution in [2.45, 2.75) is 0 Å². The van der Waals surface area contributed by atoms with Crippen molar-refractivity contribution in [1.82, 2.24) is 0 Å². The van der Waals surface area contributed by atoms with Crippen molar-refractivity contribution in [3.63, 3.8) is 0 Å². The van der Waals surface area contributed by atoms with Gasteiger partial charge in [0.2, 0.25) is 0 Å². The molecule has 0 bridgehead atoms. The van der Waals surface area contributed by atoms with E-state index in [1.165, 1.54) is 0 Å². The molecular formula is C3H3BBr2F3-. The molecule has 0 aromatic rings. The van der Waals surface area contributed by atoms with Gasteiger partial charge in [0.1, 0.15) is 0 Å². The van der Waals surface area contributed by atoms with E-state index in [0.717, 1.165) is 0 Å². The van der Waals surface area contributed by atoms with Gasteiger partial charge < -0.3 is 12.9 Å². The lowest BCUT2D eigenvalue weighted by Crippen LogP contribution is -2.10. The zero-order valence-electron chi connectivity index (χ0n) is 4.25. The van der Waals surface area contributed by atoms with Gasteiger partial charge in [0.15, 0.2) is 0 Å². The summed E-state index contributed by atoms with van der Waals surface area (Å²) in [5, 5.41) is 0.203. The fourth-order valence-electron chi connectivity index (χ4n) is 0.250. The SMILES string of the molecule is F[B-](F)(F)/C=C(\Br)CBr. The molecule has 0 saturated heterocycles. The average molecular weight is 267 g/mol. The molecule has 0 heterocycles. The fraction of sp³-hybridized carbons (Fsp3) is 0.333. The van der Waals surface area contributed by atoms with E-state index in [2.05, 4.69) is 31.9 Å². The van der Waals surface area contributed by atoms with Crippen molar-refractivity contribution in [3.05, 3.63) is 10.5 Å². The van der Waals surface area contributed by atoms with Crippen LogP contribution < -0.4 is 0 Å². The Balaban J connectivity index is 3.95. The van der Waals surface area contributed by atoms with Crippen LogP contribution in [-0.4, -0.2) is 12.3 Å². The van der Waals surface area contributed by atoms with Gasteiger partial charge in [0.05, 0.1) is 0 Å². The monoisotopic (exact) mass is 265 g/mol. The molecule has 0 fully saturated rings. The Morgan fingerprint density at radius 2 is 1.89 bits per heavy atom. The summed E-state index contributed by atoms with van der Waals surface area (Å²) in [7, 11) is 0. The van der Waals surface area contributed by atoms with E-state index >= 15 is 0 Å². The lowest BCUT2D eigenvalue weighted by molar-refractivity contribution is 0.498. The van der Waals surface area contributed by atoms with Crippen molar-refractivity contribution < 1.29 is 12.9 Å². The van der Waals surface area contributed by atoms with Gasteiger partial charge >= 0.3 is 6.98 Å². The van der Waals surface area contributed by atoms with Gasteiger partial charge in [-0.25, -0.2) is 0 Å². The quantitative estimate of drug-likeness (QED) is 0.532. The number of allylic oxidation sites excluding steroid dienone is 1. The maximum atomic E-state index is 11.4. The zero-order valence-corrected chi connectivity index (χ0v) is 7.42. The lowest BCUT2D eigenvalue weighted by Gasteiger charge is -2.07. The van der Waals surface area contributed by atoms with Crippen LogP contribution in [0.3, 0.4) is 0 Å². The van der Waals surface area contributed by atoms with Crippen molar-refractivity contribution in [1.29, 1.82) is 0 Å². The van der Waals surface area contributed by atoms with Crippen molar-refractivity contribution in [2.24, 2.45) is 0 Å². The molecule has 0 aliphatic rings. The number of alkyl halides is 1. The molecule has 0 radical (unpaired) electrons. The second-order valence-electron chi connectivity index (χ2n) is 1.37. The van der Waals surface area contributed by atoms with Crippen LogP contribution in [0.25, 0.3) is 0 Å². The summed E-state index contributed by atoms with van der Waals surface area (Å²) in [5.41, 5.74) is 0. The van der Waals surface area contributed by atoms with Gasteiger partial charge in [-0.05, 0) is 4.48 Å². The largest absolute Gasteiger partial charge is 0.503 e. The fourth-order valence-corrected chi connectivity index (χ4v) is 0.736. The molecule has 0 aromatic heterocycles. The van der Waals surface area contributed by atoms with Crippen LogP contribution in [0.5, 0.6) is 0 Å². The van der Waals surface area contributed by atoms with Crippen molar-refractivity contribution in [2.75, 3.05) is 5.33 Å². The Morgan fingerprint density at radius 3 is 2.00 bits per heavy atom. The van der Waals surface area contributed by atoms with Crippen molar-refractivity contribution in [3.8, 4) is 0 Å². The molecule has 0 saturated carbocycles. The molecule has 0 amide bonds. The summed E-state index contributed by atoms with van der Waals surface area (Å²) >= 11 is 5.58. The molecule has 0 spiro atoms. The third kappa shape index (κ3) is 6.44. The van der Waals surface area contributed by atoms with E-state index < -0.39 is 6.98 Å². The van der Waals surface area contributed by atoms with Gasteiger partial charge in [-0.3, -0.25) is 0 Å². The maximum absolute atomic E-state index is 11.4. The highest BCUT2D eigenvalue weighted by Gasteiger charge is 2.18. The predicted octanol–water partition coefficient (Wildman–Crippen LogP) is 3.05. The van der Waals surface area contributed by atoms with E-state index in [1.807, 2.05) is 0 Å². The van der Waals surface area contributed by atoms with Crippen LogP contribution in [0.2, 0.25) is 0 Å². The molecule has 0 N–H and O–H groups in total. The Kier molecular flexibility index (Phi) is 3.88. The Morgan fingerprint density at radius 1 is 1.44 bits per heavy atom. The summed E-state index contributed by atoms with van der Waals surface area (Å²) < 4.78 is 34.4. The van der Waals surface area contributed by atoms with Crippen LogP contribution in [0.15, 0.2) is 10.5 Å². The minimum atomic E-state index is -4.78. The van der Waals surface area contributed by atoms with E-state index in [1.54, 1.807) is 0 Å². The first kappa shape index (κ1) is 9.55. The minimum absolute atomic E-state index is 0.120. The topological polar surface area (TPSA) is 0 Å². The summed E-state index contributed by atoms with van der Waals surface area (Å²) in [6, 6.07) is 0. The molecule has 6 heteroatoms. The molecule has 54 valence electrons. The van der Waals surface area contributed by atoms with Gasteiger partial charge in [-0.15, -0.1) is 5.98 Å². The number of hydrogen-bond donors (Lipinski definition) is 0. The molecular weight excluding hydrogens is 264 g/mol. The first-order valence-electron chi connectivity index (χ1n) is 2.09. The van der Waals surface area contributed by atoms with E-state index in [0.29, 0.717) is 0 Å². The van der Waals surface area contributed by atoms with Crippen LogP contribution in [0.4, 0.5) is 12.9 Å². The molecule has 0 unspecified atom stereocenters. The Bertz CT molecular complexity index is 119. The average Bonchev–Trinajstić information content (AvgIpc) is 1.62.